The van der Waals surface area contributed by atoms with Gasteiger partial charge in [0.2, 0.25) is 0 Å². The Morgan fingerprint density at radius 1 is 1.24 bits per heavy atom. The number of benzene rings is 1. The third kappa shape index (κ3) is 6.72. The number of aliphatic hydroxyl groups is 2. The van der Waals surface area contributed by atoms with Gasteiger partial charge in [0, 0.05) is 17.7 Å². The predicted octanol–water partition coefficient (Wildman–Crippen LogP) is 2.21. The highest BCUT2D eigenvalue weighted by atomic mass is 16.6. The molecule has 25 heavy (non-hydrogen) atoms. The molecule has 0 aliphatic heterocycles. The lowest BCUT2D eigenvalue weighted by molar-refractivity contribution is 0.0110. The maximum Gasteiger partial charge on any atom is 0.407 e. The number of hydrogen-bond acceptors (Lipinski definition) is 6. The minimum atomic E-state index is -1.25. The molecule has 0 aliphatic rings. The van der Waals surface area contributed by atoms with Crippen LogP contribution in [0.25, 0.3) is 0 Å². The number of hydrogen-bond donors (Lipinski definition) is 3. The summed E-state index contributed by atoms with van der Waals surface area (Å²) in [7, 11) is 1.44. The number of nitrogens with one attached hydrogen (secondary N) is 1. The average molecular weight is 353 g/mol. The van der Waals surface area contributed by atoms with E-state index in [2.05, 4.69) is 5.32 Å². The maximum atomic E-state index is 11.6. The fourth-order valence-corrected chi connectivity index (χ4v) is 2.19. The molecule has 0 radical (unpaired) electrons. The van der Waals surface area contributed by atoms with Gasteiger partial charge in [0.1, 0.15) is 17.5 Å². The van der Waals surface area contributed by atoms with Crippen LogP contribution in [0, 0.1) is 0 Å². The first-order valence-electron chi connectivity index (χ1n) is 8.07. The highest BCUT2D eigenvalue weighted by Gasteiger charge is 2.23. The van der Waals surface area contributed by atoms with E-state index < -0.39 is 23.9 Å². The van der Waals surface area contributed by atoms with Crippen LogP contribution in [0.5, 0.6) is 5.75 Å². The smallest absolute Gasteiger partial charge is 0.407 e. The van der Waals surface area contributed by atoms with Gasteiger partial charge >= 0.3 is 6.09 Å². The highest BCUT2D eigenvalue weighted by molar-refractivity contribution is 5.94. The Morgan fingerprint density at radius 2 is 1.88 bits per heavy atom. The molecule has 2 atom stereocenters. The van der Waals surface area contributed by atoms with E-state index in [0.717, 1.165) is 0 Å². The van der Waals surface area contributed by atoms with E-state index in [-0.39, 0.29) is 18.7 Å². The summed E-state index contributed by atoms with van der Waals surface area (Å²) in [4.78, 5) is 23.1. The number of carbonyl (C=O) groups is 2. The third-order valence-corrected chi connectivity index (χ3v) is 3.43. The first-order valence-corrected chi connectivity index (χ1v) is 8.07. The summed E-state index contributed by atoms with van der Waals surface area (Å²) in [5, 5.41) is 23.1. The minimum absolute atomic E-state index is 0.105. The van der Waals surface area contributed by atoms with Crippen LogP contribution in [0.4, 0.5) is 4.79 Å². The summed E-state index contributed by atoms with van der Waals surface area (Å²) in [5.74, 6) is 0.217. The Hall–Kier alpha value is -2.12. The van der Waals surface area contributed by atoms with Crippen LogP contribution >= 0.6 is 0 Å². The number of ketones is 1. The third-order valence-electron chi connectivity index (χ3n) is 3.43. The van der Waals surface area contributed by atoms with Gasteiger partial charge in [-0.25, -0.2) is 4.79 Å². The van der Waals surface area contributed by atoms with Gasteiger partial charge in [0.15, 0.2) is 5.78 Å². The van der Waals surface area contributed by atoms with Crippen LogP contribution in [-0.4, -0.2) is 47.4 Å². The molecule has 0 spiro atoms. The van der Waals surface area contributed by atoms with E-state index in [1.54, 1.807) is 32.9 Å². The summed E-state index contributed by atoms with van der Waals surface area (Å²) >= 11 is 0. The Morgan fingerprint density at radius 3 is 2.40 bits per heavy atom. The quantitative estimate of drug-likeness (QED) is 0.649. The van der Waals surface area contributed by atoms with Crippen molar-refractivity contribution in [3.8, 4) is 5.75 Å². The second-order valence-electron chi connectivity index (χ2n) is 6.74. The predicted molar refractivity (Wildman–Crippen MR) is 92.8 cm³/mol. The van der Waals surface area contributed by atoms with Crippen molar-refractivity contribution in [1.29, 1.82) is 0 Å². The molecule has 1 rings (SSSR count). The van der Waals surface area contributed by atoms with E-state index in [0.29, 0.717) is 16.9 Å². The number of amides is 1. The topological polar surface area (TPSA) is 105 Å². The van der Waals surface area contributed by atoms with Gasteiger partial charge in [-0.05, 0) is 52.3 Å². The summed E-state index contributed by atoms with van der Waals surface area (Å²) in [6, 6.07) is 4.66. The van der Waals surface area contributed by atoms with Crippen LogP contribution in [0.2, 0.25) is 0 Å². The second kappa shape index (κ2) is 8.82. The highest BCUT2D eigenvalue weighted by Crippen LogP contribution is 2.29. The number of alkyl carbamates (subject to hydrolysis) is 1. The van der Waals surface area contributed by atoms with Gasteiger partial charge in [-0.15, -0.1) is 0 Å². The van der Waals surface area contributed by atoms with Gasteiger partial charge in [-0.1, -0.05) is 0 Å². The zero-order chi connectivity index (χ0) is 19.2. The summed E-state index contributed by atoms with van der Waals surface area (Å²) < 4.78 is 10.3. The summed E-state index contributed by atoms with van der Waals surface area (Å²) in [5.41, 5.74) is 0.122. The lowest BCUT2D eigenvalue weighted by Crippen LogP contribution is -2.34. The van der Waals surface area contributed by atoms with E-state index in [1.807, 2.05) is 0 Å². The van der Waals surface area contributed by atoms with Gasteiger partial charge in [0.05, 0.1) is 13.2 Å². The molecule has 140 valence electrons. The number of methoxy groups -OCH3 is 1. The standard InChI is InChI=1S/C18H27NO6/c1-11(20)12-6-7-15(24-5)13(10-12)16(22)14(21)8-9-19-17(23)25-18(2,3)4/h6-7,10,14,16,21-22H,8-9H2,1-5H3,(H,19,23). The lowest BCUT2D eigenvalue weighted by Gasteiger charge is -2.22. The largest absolute Gasteiger partial charge is 0.496 e. The fraction of sp³-hybridized carbons (Fsp3) is 0.556. The molecule has 0 bridgehead atoms. The zero-order valence-corrected chi connectivity index (χ0v) is 15.3. The number of rotatable bonds is 7. The molecule has 0 saturated carbocycles. The molecule has 2 unspecified atom stereocenters. The molecule has 1 amide bonds. The fourth-order valence-electron chi connectivity index (χ4n) is 2.19. The van der Waals surface area contributed by atoms with Gasteiger partial charge in [-0.3, -0.25) is 4.79 Å². The van der Waals surface area contributed by atoms with Crippen LogP contribution in [-0.2, 0) is 4.74 Å². The molecule has 0 heterocycles. The molecule has 0 fully saturated rings. The van der Waals surface area contributed by atoms with Gasteiger partial charge in [0.25, 0.3) is 0 Å². The van der Waals surface area contributed by atoms with Crippen molar-refractivity contribution in [1.82, 2.24) is 5.32 Å². The molecular formula is C18H27NO6. The van der Waals surface area contributed by atoms with Crippen molar-refractivity contribution in [2.45, 2.75) is 51.9 Å². The normalized spacial score (nSPS) is 13.7. The van der Waals surface area contributed by atoms with Gasteiger partial charge < -0.3 is 25.0 Å². The summed E-state index contributed by atoms with van der Waals surface area (Å²) in [6.07, 6.45) is -2.89. The van der Waals surface area contributed by atoms with Crippen molar-refractivity contribution in [3.05, 3.63) is 29.3 Å². The first-order chi connectivity index (χ1) is 11.5. The lowest BCUT2D eigenvalue weighted by atomic mass is 9.98. The van der Waals surface area contributed by atoms with E-state index in [9.17, 15) is 19.8 Å². The average Bonchev–Trinajstić information content (AvgIpc) is 2.51. The molecule has 7 heteroatoms. The zero-order valence-electron chi connectivity index (χ0n) is 15.3. The summed E-state index contributed by atoms with van der Waals surface area (Å²) in [6.45, 7) is 6.79. The van der Waals surface area contributed by atoms with Crippen LogP contribution in [0.3, 0.4) is 0 Å². The Balaban J connectivity index is 2.70. The molecular weight excluding hydrogens is 326 g/mol. The number of aliphatic hydroxyl groups excluding tert-OH is 2. The van der Waals surface area contributed by atoms with Crippen LogP contribution < -0.4 is 10.1 Å². The Kier molecular flexibility index (Phi) is 7.38. The molecule has 0 saturated heterocycles. The second-order valence-corrected chi connectivity index (χ2v) is 6.74. The number of carbonyl (C=O) groups excluding carboxylic acids is 2. The maximum absolute atomic E-state index is 11.6. The van der Waals surface area contributed by atoms with Crippen molar-refractivity contribution in [2.75, 3.05) is 13.7 Å². The molecule has 1 aromatic carbocycles. The van der Waals surface area contributed by atoms with Crippen molar-refractivity contribution >= 4 is 11.9 Å². The molecule has 3 N–H and O–H groups in total. The van der Waals surface area contributed by atoms with E-state index in [4.69, 9.17) is 9.47 Å². The SMILES string of the molecule is COc1ccc(C(C)=O)cc1C(O)C(O)CCNC(=O)OC(C)(C)C. The Bertz CT molecular complexity index is 608. The first kappa shape index (κ1) is 20.9. The van der Waals surface area contributed by atoms with Crippen molar-refractivity contribution in [3.63, 3.8) is 0 Å². The number of ether oxygens (including phenoxy) is 2. The van der Waals surface area contributed by atoms with Crippen LogP contribution in [0.15, 0.2) is 18.2 Å². The minimum Gasteiger partial charge on any atom is -0.496 e. The molecule has 1 aromatic rings. The number of Topliss-reactive ketones (excluding diaryl/α,β-unsaturated/α-hetero) is 1. The molecule has 7 nitrogen and oxygen atoms in total. The van der Waals surface area contributed by atoms with E-state index >= 15 is 0 Å². The monoisotopic (exact) mass is 353 g/mol. The van der Waals surface area contributed by atoms with E-state index in [1.165, 1.54) is 20.1 Å². The van der Waals surface area contributed by atoms with Crippen molar-refractivity contribution < 1.29 is 29.3 Å². The van der Waals surface area contributed by atoms with Gasteiger partial charge in [-0.2, -0.15) is 0 Å². The molecule has 0 aromatic heterocycles. The van der Waals surface area contributed by atoms with Crippen LogP contribution in [0.1, 0.15) is 56.1 Å². The molecule has 0 aliphatic carbocycles. The van der Waals surface area contributed by atoms with Crippen molar-refractivity contribution in [2.24, 2.45) is 0 Å². The Labute approximate surface area is 147 Å².